The van der Waals surface area contributed by atoms with Crippen LogP contribution in [0.15, 0.2) is 47.6 Å². The molecule has 0 unspecified atom stereocenters. The van der Waals surface area contributed by atoms with E-state index in [0.29, 0.717) is 19.7 Å². The summed E-state index contributed by atoms with van der Waals surface area (Å²) in [6.45, 7) is 5.83. The Kier molecular flexibility index (Phi) is 8.94. The number of nitrogens with one attached hydrogen (secondary N) is 1. The standard InChI is InChI=1S/C29H36N2O3S/c1-3-23-16-22(9-11-26(23)24-7-5-4-6-8-24)19-34-31-20(2)28-17-25-15-21(10-12-27(25)35-28)18-30-14-13-29(32)33/h9-12,15-17,24,30H,3-8,13-14,18-19H2,1-2H3,(H,32,33). The Balaban J connectivity index is 1.36. The summed E-state index contributed by atoms with van der Waals surface area (Å²) in [6.07, 6.45) is 7.93. The number of fused-ring (bicyclic) bond motifs is 1. The molecule has 0 aliphatic heterocycles. The van der Waals surface area contributed by atoms with Crippen molar-refractivity contribution in [2.45, 2.75) is 77.9 Å². The van der Waals surface area contributed by atoms with E-state index in [0.717, 1.165) is 28.5 Å². The van der Waals surface area contributed by atoms with Crippen molar-refractivity contribution in [3.63, 3.8) is 0 Å². The molecule has 2 N–H and O–H groups in total. The Labute approximate surface area is 212 Å². The number of oxime groups is 1. The highest BCUT2D eigenvalue weighted by atomic mass is 32.1. The first kappa shape index (κ1) is 25.4. The van der Waals surface area contributed by atoms with Gasteiger partial charge in [-0.1, -0.05) is 55.6 Å². The smallest absolute Gasteiger partial charge is 0.304 e. The molecule has 5 nitrogen and oxygen atoms in total. The van der Waals surface area contributed by atoms with Crippen LogP contribution in [0.4, 0.5) is 0 Å². The van der Waals surface area contributed by atoms with Crippen molar-refractivity contribution in [3.8, 4) is 0 Å². The number of thiophene rings is 1. The van der Waals surface area contributed by atoms with Crippen LogP contribution in [0.2, 0.25) is 0 Å². The summed E-state index contributed by atoms with van der Waals surface area (Å²) in [6, 6.07) is 15.3. The van der Waals surface area contributed by atoms with E-state index in [9.17, 15) is 4.79 Å². The Morgan fingerprint density at radius 2 is 1.91 bits per heavy atom. The molecular formula is C29H36N2O3S. The highest BCUT2D eigenvalue weighted by Crippen LogP contribution is 2.35. The minimum Gasteiger partial charge on any atom is -0.481 e. The van der Waals surface area contributed by atoms with Gasteiger partial charge in [-0.15, -0.1) is 11.3 Å². The van der Waals surface area contributed by atoms with E-state index in [4.69, 9.17) is 9.94 Å². The molecule has 1 saturated carbocycles. The summed E-state index contributed by atoms with van der Waals surface area (Å²) in [5.41, 5.74) is 6.19. The summed E-state index contributed by atoms with van der Waals surface area (Å²) < 4.78 is 1.20. The van der Waals surface area contributed by atoms with Crippen molar-refractivity contribution < 1.29 is 14.7 Å². The number of hydrogen-bond donors (Lipinski definition) is 2. The molecule has 6 heteroatoms. The van der Waals surface area contributed by atoms with Gasteiger partial charge in [0.25, 0.3) is 0 Å². The predicted molar refractivity (Wildman–Crippen MR) is 144 cm³/mol. The van der Waals surface area contributed by atoms with Crippen molar-refractivity contribution >= 4 is 33.1 Å². The number of carboxylic acid groups (broad SMARTS) is 1. The summed E-state index contributed by atoms with van der Waals surface area (Å²) in [4.78, 5) is 17.5. The molecule has 1 aliphatic carbocycles. The first-order valence-corrected chi connectivity index (χ1v) is 13.6. The topological polar surface area (TPSA) is 70.9 Å². The number of aliphatic carboxylic acids is 1. The summed E-state index contributed by atoms with van der Waals surface area (Å²) in [7, 11) is 0. The molecule has 186 valence electrons. The lowest BCUT2D eigenvalue weighted by atomic mass is 9.81. The number of carbonyl (C=O) groups is 1. The highest BCUT2D eigenvalue weighted by Gasteiger charge is 2.18. The summed E-state index contributed by atoms with van der Waals surface area (Å²) in [5.74, 6) is -0.0578. The quantitative estimate of drug-likeness (QED) is 0.171. The van der Waals surface area contributed by atoms with Crippen molar-refractivity contribution in [3.05, 3.63) is 69.6 Å². The number of carboxylic acids is 1. The molecule has 0 atom stereocenters. The van der Waals surface area contributed by atoms with Gasteiger partial charge in [0.05, 0.1) is 17.0 Å². The lowest BCUT2D eigenvalue weighted by molar-refractivity contribution is -0.136. The average molecular weight is 493 g/mol. The highest BCUT2D eigenvalue weighted by molar-refractivity contribution is 7.20. The van der Waals surface area contributed by atoms with E-state index >= 15 is 0 Å². The number of nitrogens with zero attached hydrogens (tertiary/aromatic N) is 1. The molecule has 1 aliphatic rings. The largest absolute Gasteiger partial charge is 0.481 e. The minimum absolute atomic E-state index is 0.130. The Bertz CT molecular complexity index is 1180. The molecule has 0 bridgehead atoms. The van der Waals surface area contributed by atoms with Crippen molar-refractivity contribution in [1.82, 2.24) is 5.32 Å². The maximum atomic E-state index is 10.6. The van der Waals surface area contributed by atoms with Crippen LogP contribution in [0.1, 0.15) is 85.4 Å². The Morgan fingerprint density at radius 3 is 2.69 bits per heavy atom. The molecule has 1 aromatic heterocycles. The van der Waals surface area contributed by atoms with Crippen molar-refractivity contribution in [2.24, 2.45) is 5.16 Å². The fourth-order valence-electron chi connectivity index (χ4n) is 4.92. The van der Waals surface area contributed by atoms with E-state index in [1.807, 2.05) is 6.92 Å². The van der Waals surface area contributed by atoms with Gasteiger partial charge < -0.3 is 15.3 Å². The average Bonchev–Trinajstić information content (AvgIpc) is 3.30. The van der Waals surface area contributed by atoms with Crippen molar-refractivity contribution in [2.75, 3.05) is 6.54 Å². The third kappa shape index (κ3) is 6.92. The van der Waals surface area contributed by atoms with Crippen LogP contribution >= 0.6 is 11.3 Å². The summed E-state index contributed by atoms with van der Waals surface area (Å²) >= 11 is 1.71. The fraction of sp³-hybridized carbons (Fsp3) is 0.448. The molecule has 35 heavy (non-hydrogen) atoms. The van der Waals surface area contributed by atoms with Crippen LogP contribution in [0.5, 0.6) is 0 Å². The van der Waals surface area contributed by atoms with Gasteiger partial charge in [-0.2, -0.15) is 0 Å². The Hall–Kier alpha value is -2.70. The SMILES string of the molecule is CCc1cc(CON=C(C)c2cc3cc(CNCCC(=O)O)ccc3s2)ccc1C1CCCCC1. The first-order chi connectivity index (χ1) is 17.0. The molecule has 0 radical (unpaired) electrons. The van der Waals surface area contributed by atoms with E-state index in [2.05, 4.69) is 59.9 Å². The predicted octanol–water partition coefficient (Wildman–Crippen LogP) is 7.02. The summed E-state index contributed by atoms with van der Waals surface area (Å²) in [5, 5.41) is 17.5. The zero-order valence-corrected chi connectivity index (χ0v) is 21.6. The second-order valence-electron chi connectivity index (χ2n) is 9.48. The molecule has 1 heterocycles. The minimum atomic E-state index is -0.783. The van der Waals surface area contributed by atoms with E-state index in [1.54, 1.807) is 11.3 Å². The van der Waals surface area contributed by atoms with E-state index in [-0.39, 0.29) is 6.42 Å². The number of hydrogen-bond acceptors (Lipinski definition) is 5. The molecule has 3 aromatic rings. The van der Waals surface area contributed by atoms with E-state index < -0.39 is 5.97 Å². The molecule has 4 rings (SSSR count). The van der Waals surface area contributed by atoms with Gasteiger partial charge >= 0.3 is 5.97 Å². The van der Waals surface area contributed by atoms with Crippen LogP contribution in [-0.2, 0) is 29.2 Å². The first-order valence-electron chi connectivity index (χ1n) is 12.8. The zero-order valence-electron chi connectivity index (χ0n) is 20.8. The maximum Gasteiger partial charge on any atom is 0.304 e. The molecule has 2 aromatic carbocycles. The molecule has 0 amide bonds. The third-order valence-corrected chi connectivity index (χ3v) is 8.07. The van der Waals surface area contributed by atoms with Crippen LogP contribution in [0.3, 0.4) is 0 Å². The van der Waals surface area contributed by atoms with Gasteiger partial charge in [0.2, 0.25) is 0 Å². The lowest BCUT2D eigenvalue weighted by Crippen LogP contribution is -2.17. The van der Waals surface area contributed by atoms with E-state index in [1.165, 1.54) is 58.9 Å². The van der Waals surface area contributed by atoms with Crippen LogP contribution in [0, 0.1) is 0 Å². The third-order valence-electron chi connectivity index (χ3n) is 6.85. The van der Waals surface area contributed by atoms with Gasteiger partial charge in [-0.25, -0.2) is 0 Å². The molecule has 0 saturated heterocycles. The van der Waals surface area contributed by atoms with Gasteiger partial charge in [0.15, 0.2) is 0 Å². The Morgan fingerprint density at radius 1 is 1.11 bits per heavy atom. The monoisotopic (exact) mass is 492 g/mol. The number of benzene rings is 2. The molecule has 0 spiro atoms. The van der Waals surface area contributed by atoms with Gasteiger partial charge in [0.1, 0.15) is 6.61 Å². The van der Waals surface area contributed by atoms with Crippen LogP contribution < -0.4 is 5.32 Å². The van der Waals surface area contributed by atoms with Gasteiger partial charge in [-0.3, -0.25) is 4.79 Å². The van der Waals surface area contributed by atoms with Crippen LogP contribution in [0.25, 0.3) is 10.1 Å². The van der Waals surface area contributed by atoms with Gasteiger partial charge in [-0.05, 0) is 77.9 Å². The number of aryl methyl sites for hydroxylation is 1. The van der Waals surface area contributed by atoms with Crippen molar-refractivity contribution in [1.29, 1.82) is 0 Å². The lowest BCUT2D eigenvalue weighted by Gasteiger charge is -2.24. The van der Waals surface area contributed by atoms with Gasteiger partial charge in [0, 0.05) is 17.8 Å². The molecule has 1 fully saturated rings. The maximum absolute atomic E-state index is 10.6. The molecular weight excluding hydrogens is 456 g/mol. The second kappa shape index (κ2) is 12.3. The van der Waals surface area contributed by atoms with Crippen LogP contribution in [-0.4, -0.2) is 23.3 Å². The zero-order chi connectivity index (χ0) is 24.6. The number of rotatable bonds is 11. The second-order valence-corrected chi connectivity index (χ2v) is 10.6. The normalized spacial score (nSPS) is 15.0. The fourth-order valence-corrected chi connectivity index (χ4v) is 5.90.